The summed E-state index contributed by atoms with van der Waals surface area (Å²) in [6.45, 7) is 2.80. The molecule has 2 aliphatic rings. The molecular formula is C25H27ClF2N6O. The van der Waals surface area contributed by atoms with Crippen molar-refractivity contribution in [1.29, 1.82) is 0 Å². The monoisotopic (exact) mass is 500 g/mol. The number of piperidine rings is 1. The van der Waals surface area contributed by atoms with E-state index >= 15 is 0 Å². The zero-order valence-electron chi connectivity index (χ0n) is 19.2. The number of amidine groups is 1. The van der Waals surface area contributed by atoms with E-state index in [-0.39, 0.29) is 24.0 Å². The van der Waals surface area contributed by atoms with Crippen molar-refractivity contribution in [2.45, 2.75) is 25.7 Å². The van der Waals surface area contributed by atoms with Gasteiger partial charge in [0.05, 0.1) is 11.2 Å². The number of aromatic nitrogens is 2. The topological polar surface area (TPSA) is 69.8 Å². The molecule has 3 N–H and O–H groups in total. The molecule has 1 fully saturated rings. The van der Waals surface area contributed by atoms with Gasteiger partial charge in [-0.25, -0.2) is 8.78 Å². The molecule has 0 radical (unpaired) electrons. The number of nitrogens with zero attached hydrogens (tertiary/aromatic N) is 4. The van der Waals surface area contributed by atoms with Gasteiger partial charge >= 0.3 is 0 Å². The molecule has 0 saturated carbocycles. The summed E-state index contributed by atoms with van der Waals surface area (Å²) in [5.41, 5.74) is 5.80. The second-order valence-corrected chi connectivity index (χ2v) is 9.14. The maximum Gasteiger partial charge on any atom is 0.226 e. The van der Waals surface area contributed by atoms with E-state index in [9.17, 15) is 13.9 Å². The summed E-state index contributed by atoms with van der Waals surface area (Å²) in [5.74, 6) is 0.277. The highest BCUT2D eigenvalue weighted by molar-refractivity contribution is 6.20. The molecule has 0 aliphatic carbocycles. The zero-order chi connectivity index (χ0) is 23.4. The maximum atomic E-state index is 14.4. The highest BCUT2D eigenvalue weighted by atomic mass is 35.5. The predicted octanol–water partition coefficient (Wildman–Crippen LogP) is 3.88. The lowest BCUT2D eigenvalue weighted by Crippen LogP contribution is -2.40. The van der Waals surface area contributed by atoms with Crippen LogP contribution in [0.4, 0.5) is 14.5 Å². The molecule has 35 heavy (non-hydrogen) atoms. The Morgan fingerprint density at radius 1 is 1.00 bits per heavy atom. The predicted molar refractivity (Wildman–Crippen MR) is 136 cm³/mol. The fourth-order valence-electron chi connectivity index (χ4n) is 5.26. The molecule has 0 spiro atoms. The minimum Gasteiger partial charge on any atom is -0.355 e. The molecule has 0 bridgehead atoms. The third-order valence-electron chi connectivity index (χ3n) is 6.95. The molecule has 2 aliphatic heterocycles. The molecule has 7 nitrogen and oxygen atoms in total. The number of benzene rings is 2. The average Bonchev–Trinajstić information content (AvgIpc) is 3.47. The summed E-state index contributed by atoms with van der Waals surface area (Å²) >= 11 is 0. The van der Waals surface area contributed by atoms with Gasteiger partial charge in [0.25, 0.3) is 0 Å². The van der Waals surface area contributed by atoms with Crippen molar-refractivity contribution in [1.82, 2.24) is 19.9 Å². The standard InChI is InChI=1S/C25H26F2N6O.ClH/c1-31-13-20(18-10-16(26)2-4-21(18)31)24-29-30-25(34)33(24)23-14-32(12-15-6-8-28-9-7-15)22-5-3-17(27)11-19(22)23;/h2-5,10-11,13-15,25,28,30,34H,6-9,12H2,1H3;1H. The minimum atomic E-state index is -1.14. The highest BCUT2D eigenvalue weighted by Gasteiger charge is 2.33. The van der Waals surface area contributed by atoms with E-state index in [2.05, 4.69) is 20.4 Å². The van der Waals surface area contributed by atoms with Crippen LogP contribution in [0.5, 0.6) is 0 Å². The van der Waals surface area contributed by atoms with E-state index in [0.29, 0.717) is 33.8 Å². The number of rotatable bonds is 4. The van der Waals surface area contributed by atoms with E-state index in [1.807, 2.05) is 24.0 Å². The van der Waals surface area contributed by atoms with E-state index in [1.54, 1.807) is 17.0 Å². The number of anilines is 1. The summed E-state index contributed by atoms with van der Waals surface area (Å²) in [5, 5.41) is 20.0. The second-order valence-electron chi connectivity index (χ2n) is 9.14. The van der Waals surface area contributed by atoms with Crippen LogP contribution >= 0.6 is 12.4 Å². The van der Waals surface area contributed by atoms with Gasteiger partial charge in [-0.3, -0.25) is 10.3 Å². The number of hydrogen-bond donors (Lipinski definition) is 3. The van der Waals surface area contributed by atoms with Crippen molar-refractivity contribution in [3.63, 3.8) is 0 Å². The fourth-order valence-corrected chi connectivity index (χ4v) is 5.26. The van der Waals surface area contributed by atoms with Crippen LogP contribution in [0.3, 0.4) is 0 Å². The molecule has 0 amide bonds. The van der Waals surface area contributed by atoms with E-state index in [1.165, 1.54) is 24.3 Å². The number of aliphatic hydroxyl groups is 1. The highest BCUT2D eigenvalue weighted by Crippen LogP contribution is 2.35. The van der Waals surface area contributed by atoms with Gasteiger partial charge in [0, 0.05) is 47.8 Å². The Morgan fingerprint density at radius 2 is 1.69 bits per heavy atom. The van der Waals surface area contributed by atoms with Crippen molar-refractivity contribution in [3.05, 3.63) is 66.0 Å². The van der Waals surface area contributed by atoms with Gasteiger partial charge in [0.2, 0.25) is 6.35 Å². The quantitative estimate of drug-likeness (QED) is 0.398. The third kappa shape index (κ3) is 4.03. The van der Waals surface area contributed by atoms with Gasteiger partial charge in [0.1, 0.15) is 11.6 Å². The normalized spacial score (nSPS) is 18.7. The van der Waals surface area contributed by atoms with Gasteiger partial charge in [-0.05, 0) is 68.2 Å². The van der Waals surface area contributed by atoms with Crippen LogP contribution in [-0.4, -0.2) is 39.5 Å². The molecule has 4 heterocycles. The summed E-state index contributed by atoms with van der Waals surface area (Å²) in [6, 6.07) is 9.36. The van der Waals surface area contributed by atoms with Gasteiger partial charge in [0.15, 0.2) is 5.84 Å². The lowest BCUT2D eigenvalue weighted by molar-refractivity contribution is 0.159. The molecule has 2 aromatic carbocycles. The number of nitrogens with one attached hydrogen (secondary N) is 2. The smallest absolute Gasteiger partial charge is 0.226 e. The van der Waals surface area contributed by atoms with Crippen LogP contribution in [0.25, 0.3) is 21.8 Å². The van der Waals surface area contributed by atoms with Gasteiger partial charge < -0.3 is 19.6 Å². The molecule has 1 atom stereocenters. The lowest BCUT2D eigenvalue weighted by Gasteiger charge is -2.24. The Kier molecular flexibility index (Phi) is 6.16. The summed E-state index contributed by atoms with van der Waals surface area (Å²) in [4.78, 5) is 1.65. The number of hydrazone groups is 1. The van der Waals surface area contributed by atoms with Gasteiger partial charge in [-0.2, -0.15) is 5.10 Å². The first-order valence-corrected chi connectivity index (χ1v) is 11.5. The van der Waals surface area contributed by atoms with Crippen LogP contribution in [0, 0.1) is 17.6 Å². The molecule has 2 aromatic heterocycles. The number of aryl methyl sites for hydroxylation is 1. The van der Waals surface area contributed by atoms with Crippen molar-refractivity contribution in [2.24, 2.45) is 18.1 Å². The molecule has 4 aromatic rings. The van der Waals surface area contributed by atoms with E-state index in [4.69, 9.17) is 0 Å². The fraction of sp³-hybridized carbons (Fsp3) is 0.320. The molecule has 10 heteroatoms. The summed E-state index contributed by atoms with van der Waals surface area (Å²) in [6.07, 6.45) is 4.85. The van der Waals surface area contributed by atoms with Crippen molar-refractivity contribution < 1.29 is 13.9 Å². The van der Waals surface area contributed by atoms with Crippen molar-refractivity contribution in [3.8, 4) is 0 Å². The van der Waals surface area contributed by atoms with Crippen molar-refractivity contribution >= 4 is 45.7 Å². The summed E-state index contributed by atoms with van der Waals surface area (Å²) in [7, 11) is 1.88. The number of fused-ring (bicyclic) bond motifs is 2. The van der Waals surface area contributed by atoms with E-state index < -0.39 is 6.35 Å². The van der Waals surface area contributed by atoms with Crippen molar-refractivity contribution in [2.75, 3.05) is 18.0 Å². The largest absolute Gasteiger partial charge is 0.355 e. The lowest BCUT2D eigenvalue weighted by atomic mass is 9.98. The number of halogens is 3. The van der Waals surface area contributed by atoms with Crippen LogP contribution in [0.2, 0.25) is 0 Å². The zero-order valence-corrected chi connectivity index (χ0v) is 20.0. The Morgan fingerprint density at radius 3 is 2.43 bits per heavy atom. The van der Waals surface area contributed by atoms with E-state index in [0.717, 1.165) is 43.5 Å². The maximum absolute atomic E-state index is 14.4. The number of hydrogen-bond acceptors (Lipinski definition) is 5. The molecule has 1 saturated heterocycles. The first-order valence-electron chi connectivity index (χ1n) is 11.5. The summed E-state index contributed by atoms with van der Waals surface area (Å²) < 4.78 is 32.5. The Balaban J connectivity index is 0.00000253. The molecule has 1 unspecified atom stereocenters. The molecule has 6 rings (SSSR count). The minimum absolute atomic E-state index is 0. The molecule has 184 valence electrons. The average molecular weight is 501 g/mol. The Bertz CT molecular complexity index is 1420. The number of aliphatic hydroxyl groups excluding tert-OH is 1. The molecular weight excluding hydrogens is 474 g/mol. The van der Waals surface area contributed by atoms with Crippen LogP contribution < -0.4 is 15.6 Å². The first-order chi connectivity index (χ1) is 16.5. The third-order valence-corrected chi connectivity index (χ3v) is 6.95. The van der Waals surface area contributed by atoms with Gasteiger partial charge in [-0.1, -0.05) is 0 Å². The second kappa shape index (κ2) is 9.14. The van der Waals surface area contributed by atoms with Crippen LogP contribution in [0.15, 0.2) is 53.9 Å². The first kappa shape index (κ1) is 23.6. The van der Waals surface area contributed by atoms with Gasteiger partial charge in [-0.15, -0.1) is 12.4 Å². The Hall–Kier alpha value is -3.14. The van der Waals surface area contributed by atoms with Crippen LogP contribution in [-0.2, 0) is 13.6 Å². The Labute approximate surface area is 207 Å². The van der Waals surface area contributed by atoms with Crippen LogP contribution in [0.1, 0.15) is 18.4 Å². The SMILES string of the molecule is Cl.Cn1cc(C2=NNC(O)N2c2cn(CC3CCNCC3)c3ccc(F)cc23)c2cc(F)ccc21.